The highest BCUT2D eigenvalue weighted by Crippen LogP contribution is 2.38. The normalized spacial score (nSPS) is 17.5. The lowest BCUT2D eigenvalue weighted by molar-refractivity contribution is -0.129. The number of benzene rings is 2. The van der Waals surface area contributed by atoms with Gasteiger partial charge in [0.1, 0.15) is 11.6 Å². The first-order chi connectivity index (χ1) is 20.5. The summed E-state index contributed by atoms with van der Waals surface area (Å²) in [7, 11) is 2.05. The minimum absolute atomic E-state index is 0.00198. The van der Waals surface area contributed by atoms with Crippen LogP contribution in [0.4, 0.5) is 4.39 Å². The van der Waals surface area contributed by atoms with Crippen molar-refractivity contribution < 1.29 is 24.1 Å². The van der Waals surface area contributed by atoms with Crippen molar-refractivity contribution in [3.8, 4) is 0 Å². The van der Waals surface area contributed by atoms with E-state index in [9.17, 15) is 15.0 Å². The third-order valence-electron chi connectivity index (χ3n) is 7.86. The maximum atomic E-state index is 15.2. The summed E-state index contributed by atoms with van der Waals surface area (Å²) < 4.78 is 20.1. The van der Waals surface area contributed by atoms with Gasteiger partial charge in [-0.3, -0.25) is 4.79 Å². The Bertz CT molecular complexity index is 1240. The van der Waals surface area contributed by atoms with Gasteiger partial charge in [0.05, 0.1) is 12.1 Å². The van der Waals surface area contributed by atoms with Crippen LogP contribution in [-0.2, 0) is 21.7 Å². The second-order valence-electron chi connectivity index (χ2n) is 11.4. The van der Waals surface area contributed by atoms with Gasteiger partial charge in [0.2, 0.25) is 6.41 Å². The Morgan fingerprint density at radius 2 is 1.74 bits per heavy atom. The van der Waals surface area contributed by atoms with Crippen LogP contribution in [0.25, 0.3) is 0 Å². The van der Waals surface area contributed by atoms with Crippen molar-refractivity contribution in [2.24, 2.45) is 5.92 Å². The molecule has 5 rings (SSSR count). The highest BCUT2D eigenvalue weighted by atomic mass is 35.5. The number of aliphatic hydroxyl groups is 2. The van der Waals surface area contributed by atoms with Crippen LogP contribution in [0.1, 0.15) is 66.9 Å². The number of rotatable bonds is 7. The van der Waals surface area contributed by atoms with E-state index in [-0.39, 0.29) is 18.0 Å². The third kappa shape index (κ3) is 10.3. The molecule has 2 N–H and O–H groups in total. The van der Waals surface area contributed by atoms with E-state index < -0.39 is 17.6 Å². The fraction of sp³-hybridized carbons (Fsp3) is 0.485. The SMILES string of the molecule is C1CCOC1.Cc1cnc(CN(C=O)C(O)c2c(C)cc(C(C)(O)C3CCN(C)CC3)cc2F)nc1.Clc1ccccc1. The second-order valence-corrected chi connectivity index (χ2v) is 11.8. The zero-order valence-corrected chi connectivity index (χ0v) is 26.3. The minimum atomic E-state index is -1.50. The number of likely N-dealkylation sites (tertiary alicyclic amines) is 1. The maximum Gasteiger partial charge on any atom is 0.212 e. The summed E-state index contributed by atoms with van der Waals surface area (Å²) in [6.45, 7) is 8.94. The predicted octanol–water partition coefficient (Wildman–Crippen LogP) is 5.57. The van der Waals surface area contributed by atoms with Gasteiger partial charge in [-0.05, 0) is 107 Å². The van der Waals surface area contributed by atoms with Gasteiger partial charge in [0.25, 0.3) is 0 Å². The van der Waals surface area contributed by atoms with Crippen molar-refractivity contribution in [1.82, 2.24) is 19.8 Å². The molecule has 2 unspecified atom stereocenters. The van der Waals surface area contributed by atoms with E-state index >= 15 is 4.39 Å². The number of nitrogens with zero attached hydrogens (tertiary/aromatic N) is 4. The van der Waals surface area contributed by atoms with E-state index in [0.717, 1.165) is 54.6 Å². The largest absolute Gasteiger partial charge is 0.385 e. The Morgan fingerprint density at radius 3 is 2.21 bits per heavy atom. The Balaban J connectivity index is 0.000000346. The molecule has 2 aliphatic rings. The lowest BCUT2D eigenvalue weighted by Gasteiger charge is -2.39. The van der Waals surface area contributed by atoms with Crippen LogP contribution in [0.3, 0.4) is 0 Å². The monoisotopic (exact) mass is 614 g/mol. The molecule has 3 heterocycles. The smallest absolute Gasteiger partial charge is 0.212 e. The van der Waals surface area contributed by atoms with Crippen molar-refractivity contribution in [2.45, 2.75) is 64.8 Å². The van der Waals surface area contributed by atoms with Gasteiger partial charge in [0.15, 0.2) is 6.23 Å². The van der Waals surface area contributed by atoms with Gasteiger partial charge >= 0.3 is 0 Å². The van der Waals surface area contributed by atoms with Crippen molar-refractivity contribution in [3.63, 3.8) is 0 Å². The Hall–Kier alpha value is -2.95. The first-order valence-electron chi connectivity index (χ1n) is 14.7. The number of halogens is 2. The molecular weight excluding hydrogens is 571 g/mol. The van der Waals surface area contributed by atoms with E-state index in [1.807, 2.05) is 44.3 Å². The molecule has 43 heavy (non-hydrogen) atoms. The van der Waals surface area contributed by atoms with Gasteiger partial charge in [-0.25, -0.2) is 14.4 Å². The molecule has 0 bridgehead atoms. The van der Waals surface area contributed by atoms with Gasteiger partial charge in [0, 0.05) is 36.2 Å². The molecule has 2 fully saturated rings. The maximum absolute atomic E-state index is 15.2. The van der Waals surface area contributed by atoms with Gasteiger partial charge in [-0.2, -0.15) is 0 Å². The van der Waals surface area contributed by atoms with E-state index in [2.05, 4.69) is 14.9 Å². The summed E-state index contributed by atoms with van der Waals surface area (Å²) in [5.74, 6) is -0.299. The van der Waals surface area contributed by atoms with Crippen LogP contribution in [0.2, 0.25) is 5.02 Å². The first-order valence-corrected chi connectivity index (χ1v) is 15.1. The van der Waals surface area contributed by atoms with E-state index in [0.29, 0.717) is 23.4 Å². The van der Waals surface area contributed by atoms with Crippen molar-refractivity contribution in [2.75, 3.05) is 33.4 Å². The molecule has 1 aromatic heterocycles. The van der Waals surface area contributed by atoms with E-state index in [1.165, 1.54) is 18.9 Å². The molecule has 0 radical (unpaired) electrons. The number of aryl methyl sites for hydroxylation is 2. The molecule has 2 atom stereocenters. The summed E-state index contributed by atoms with van der Waals surface area (Å²) in [6.07, 6.45) is 6.39. The van der Waals surface area contributed by atoms with Crippen LogP contribution in [0, 0.1) is 25.6 Å². The number of aromatic nitrogens is 2. The van der Waals surface area contributed by atoms with Crippen LogP contribution < -0.4 is 0 Å². The van der Waals surface area contributed by atoms with Crippen molar-refractivity contribution >= 4 is 18.0 Å². The molecular formula is C33H44ClFN4O4. The fourth-order valence-corrected chi connectivity index (χ4v) is 5.26. The zero-order valence-electron chi connectivity index (χ0n) is 25.5. The number of piperidine rings is 1. The number of carbonyl (C=O) groups is 1. The fourth-order valence-electron chi connectivity index (χ4n) is 5.12. The quantitative estimate of drug-likeness (QED) is 0.265. The van der Waals surface area contributed by atoms with Crippen molar-refractivity contribution in [1.29, 1.82) is 0 Å². The lowest BCUT2D eigenvalue weighted by Crippen LogP contribution is -2.40. The molecule has 0 aliphatic carbocycles. The van der Waals surface area contributed by atoms with Crippen molar-refractivity contribution in [3.05, 3.63) is 93.8 Å². The molecule has 8 nitrogen and oxygen atoms in total. The molecule has 2 saturated heterocycles. The van der Waals surface area contributed by atoms with Gasteiger partial charge in [-0.1, -0.05) is 35.9 Å². The van der Waals surface area contributed by atoms with Crippen LogP contribution >= 0.6 is 11.6 Å². The first kappa shape index (κ1) is 34.5. The molecule has 2 aliphatic heterocycles. The number of hydrogen-bond donors (Lipinski definition) is 2. The van der Waals surface area contributed by atoms with Crippen LogP contribution in [0.5, 0.6) is 0 Å². The predicted molar refractivity (Wildman–Crippen MR) is 166 cm³/mol. The van der Waals surface area contributed by atoms with Crippen LogP contribution in [0.15, 0.2) is 54.9 Å². The highest BCUT2D eigenvalue weighted by Gasteiger charge is 2.37. The second kappa shape index (κ2) is 16.8. The molecule has 10 heteroatoms. The molecule has 234 valence electrons. The number of ether oxygens (including phenoxy) is 1. The molecule has 1 amide bonds. The Labute approximate surface area is 259 Å². The lowest BCUT2D eigenvalue weighted by atomic mass is 9.76. The summed E-state index contributed by atoms with van der Waals surface area (Å²) >= 11 is 5.54. The molecule has 2 aromatic carbocycles. The Morgan fingerprint density at radius 1 is 1.14 bits per heavy atom. The van der Waals surface area contributed by atoms with Gasteiger partial charge in [-0.15, -0.1) is 0 Å². The third-order valence-corrected chi connectivity index (χ3v) is 8.11. The van der Waals surface area contributed by atoms with E-state index in [4.69, 9.17) is 16.3 Å². The Kier molecular flexibility index (Phi) is 13.5. The summed E-state index contributed by atoms with van der Waals surface area (Å²) in [5, 5.41) is 22.8. The average molecular weight is 615 g/mol. The standard InChI is InChI=1S/C23H31FN4O3.C6H5Cl.C4H8O/c1-15-11-25-20(26-12-15)13-28(14-29)22(30)21-16(2)9-18(10-19(21)24)23(3,31)17-5-7-27(4)8-6-17;7-6-4-2-1-3-5-6;1-2-4-5-3-1/h9-12,14,17,22,30-31H,5-8,13H2,1-4H3;1-5H;1-4H2. The van der Waals surface area contributed by atoms with Gasteiger partial charge < -0.3 is 24.7 Å². The van der Waals surface area contributed by atoms with Crippen LogP contribution in [-0.4, -0.2) is 69.7 Å². The molecule has 3 aromatic rings. The zero-order chi connectivity index (χ0) is 31.4. The molecule has 0 spiro atoms. The highest BCUT2D eigenvalue weighted by molar-refractivity contribution is 6.30. The summed E-state index contributed by atoms with van der Waals surface area (Å²) in [4.78, 5) is 23.2. The minimum Gasteiger partial charge on any atom is -0.385 e. The summed E-state index contributed by atoms with van der Waals surface area (Å²) in [6, 6.07) is 12.4. The number of carbonyl (C=O) groups excluding carboxylic acids is 1. The average Bonchev–Trinajstić information content (AvgIpc) is 3.58. The molecule has 0 saturated carbocycles. The summed E-state index contributed by atoms with van der Waals surface area (Å²) in [5.41, 5.74) is 0.634. The number of amides is 1. The van der Waals surface area contributed by atoms with E-state index in [1.54, 1.807) is 32.3 Å². The topological polar surface area (TPSA) is 99.0 Å². The number of hydrogen-bond acceptors (Lipinski definition) is 7. The number of aliphatic hydroxyl groups excluding tert-OH is 1.